The van der Waals surface area contributed by atoms with Gasteiger partial charge in [0.05, 0.1) is 0 Å². The third kappa shape index (κ3) is 3.95. The fraction of sp³-hybridized carbons (Fsp3) is 0.400. The van der Waals surface area contributed by atoms with Crippen LogP contribution in [0.15, 0.2) is 54.6 Å². The SMILES string of the molecule is CCN(C)C(=O)c1ccc(C2=CC3(CCCN(C)CC3)Oc3ccccc32)cc1. The van der Waals surface area contributed by atoms with E-state index in [1.165, 1.54) is 5.57 Å². The van der Waals surface area contributed by atoms with Crippen LogP contribution in [0.25, 0.3) is 5.57 Å². The molecule has 4 heteroatoms. The first kappa shape index (κ1) is 19.7. The second-order valence-electron chi connectivity index (χ2n) is 8.27. The predicted octanol–water partition coefficient (Wildman–Crippen LogP) is 4.46. The van der Waals surface area contributed by atoms with Gasteiger partial charge in [-0.15, -0.1) is 0 Å². The number of amides is 1. The number of carbonyl (C=O) groups is 1. The Hall–Kier alpha value is -2.59. The van der Waals surface area contributed by atoms with Crippen LogP contribution in [-0.2, 0) is 0 Å². The Balaban J connectivity index is 1.72. The molecule has 4 nitrogen and oxygen atoms in total. The molecule has 0 N–H and O–H groups in total. The molecule has 152 valence electrons. The van der Waals surface area contributed by atoms with Crippen LogP contribution in [-0.4, -0.2) is 55.0 Å². The predicted molar refractivity (Wildman–Crippen MR) is 117 cm³/mol. The Morgan fingerprint density at radius 3 is 2.62 bits per heavy atom. The van der Waals surface area contributed by atoms with Gasteiger partial charge < -0.3 is 14.5 Å². The highest BCUT2D eigenvalue weighted by molar-refractivity contribution is 5.95. The number of nitrogens with zero attached hydrogens (tertiary/aromatic N) is 2. The largest absolute Gasteiger partial charge is 0.482 e. The summed E-state index contributed by atoms with van der Waals surface area (Å²) in [5.74, 6) is 1.02. The molecule has 1 amide bonds. The molecule has 0 saturated carbocycles. The lowest BCUT2D eigenvalue weighted by Gasteiger charge is -2.36. The minimum absolute atomic E-state index is 0.0590. The summed E-state index contributed by atoms with van der Waals surface area (Å²) >= 11 is 0. The number of carbonyl (C=O) groups excluding carboxylic acids is 1. The van der Waals surface area contributed by atoms with Crippen molar-refractivity contribution in [1.82, 2.24) is 9.80 Å². The number of ether oxygens (including phenoxy) is 1. The first-order valence-corrected chi connectivity index (χ1v) is 10.6. The third-order valence-electron chi connectivity index (χ3n) is 6.22. The maximum Gasteiger partial charge on any atom is 0.253 e. The highest BCUT2D eigenvalue weighted by Gasteiger charge is 2.36. The molecule has 0 bridgehead atoms. The van der Waals surface area contributed by atoms with Gasteiger partial charge >= 0.3 is 0 Å². The van der Waals surface area contributed by atoms with Crippen LogP contribution in [0.5, 0.6) is 5.75 Å². The van der Waals surface area contributed by atoms with Gasteiger partial charge in [0.15, 0.2) is 0 Å². The van der Waals surface area contributed by atoms with Gasteiger partial charge in [-0.3, -0.25) is 4.79 Å². The molecule has 0 aliphatic carbocycles. The van der Waals surface area contributed by atoms with Crippen LogP contribution < -0.4 is 4.74 Å². The maximum absolute atomic E-state index is 12.5. The fourth-order valence-electron chi connectivity index (χ4n) is 4.27. The molecule has 1 fully saturated rings. The summed E-state index contributed by atoms with van der Waals surface area (Å²) in [6, 6.07) is 16.3. The number of likely N-dealkylation sites (tertiary alicyclic amines) is 1. The molecule has 2 heterocycles. The second-order valence-corrected chi connectivity index (χ2v) is 8.27. The fourth-order valence-corrected chi connectivity index (χ4v) is 4.27. The summed E-state index contributed by atoms with van der Waals surface area (Å²) in [6.45, 7) is 4.83. The van der Waals surface area contributed by atoms with Crippen molar-refractivity contribution in [2.24, 2.45) is 0 Å². The van der Waals surface area contributed by atoms with Crippen LogP contribution in [0.3, 0.4) is 0 Å². The third-order valence-corrected chi connectivity index (χ3v) is 6.22. The van der Waals surface area contributed by atoms with Crippen molar-refractivity contribution in [3.8, 4) is 5.75 Å². The van der Waals surface area contributed by atoms with Crippen LogP contribution in [0.1, 0.15) is 47.7 Å². The molecule has 1 spiro atoms. The van der Waals surface area contributed by atoms with Gasteiger partial charge in [-0.05, 0) is 68.8 Å². The minimum Gasteiger partial charge on any atom is -0.482 e. The van der Waals surface area contributed by atoms with Gasteiger partial charge in [0.1, 0.15) is 11.4 Å². The van der Waals surface area contributed by atoms with E-state index in [0.29, 0.717) is 6.54 Å². The van der Waals surface area contributed by atoms with Gasteiger partial charge in [0.2, 0.25) is 0 Å². The van der Waals surface area contributed by atoms with E-state index in [1.54, 1.807) is 4.90 Å². The molecule has 0 aromatic heterocycles. The number of hydrogen-bond acceptors (Lipinski definition) is 3. The van der Waals surface area contributed by atoms with Crippen molar-refractivity contribution in [2.75, 3.05) is 33.7 Å². The van der Waals surface area contributed by atoms with E-state index < -0.39 is 0 Å². The van der Waals surface area contributed by atoms with Crippen LogP contribution in [0.4, 0.5) is 0 Å². The van der Waals surface area contributed by atoms with Crippen LogP contribution in [0.2, 0.25) is 0 Å². The zero-order chi connectivity index (χ0) is 20.4. The van der Waals surface area contributed by atoms with E-state index in [2.05, 4.69) is 48.4 Å². The van der Waals surface area contributed by atoms with Crippen LogP contribution >= 0.6 is 0 Å². The van der Waals surface area contributed by atoms with Crippen molar-refractivity contribution in [3.63, 3.8) is 0 Å². The molecule has 0 radical (unpaired) electrons. The lowest BCUT2D eigenvalue weighted by molar-refractivity contribution is 0.0802. The monoisotopic (exact) mass is 390 g/mol. The number of benzene rings is 2. The average molecular weight is 391 g/mol. The summed E-state index contributed by atoms with van der Waals surface area (Å²) in [6.07, 6.45) is 5.47. The van der Waals surface area contributed by atoms with E-state index in [1.807, 2.05) is 32.2 Å². The van der Waals surface area contributed by atoms with Gasteiger partial charge in [-0.1, -0.05) is 30.3 Å². The van der Waals surface area contributed by atoms with Crippen molar-refractivity contribution < 1.29 is 9.53 Å². The molecule has 2 aliphatic heterocycles. The van der Waals surface area contributed by atoms with Crippen molar-refractivity contribution >= 4 is 11.5 Å². The van der Waals surface area contributed by atoms with Crippen molar-refractivity contribution in [3.05, 3.63) is 71.3 Å². The molecule has 2 aromatic rings. The van der Waals surface area contributed by atoms with Crippen LogP contribution in [0, 0.1) is 0 Å². The summed E-state index contributed by atoms with van der Waals surface area (Å²) in [5, 5.41) is 0. The number of hydrogen-bond donors (Lipinski definition) is 0. The van der Waals surface area contributed by atoms with Crippen molar-refractivity contribution in [1.29, 1.82) is 0 Å². The quantitative estimate of drug-likeness (QED) is 0.776. The Bertz CT molecular complexity index is 919. The van der Waals surface area contributed by atoms with Gasteiger partial charge in [-0.25, -0.2) is 0 Å². The minimum atomic E-state index is -0.259. The zero-order valence-corrected chi connectivity index (χ0v) is 17.6. The van der Waals surface area contributed by atoms with Gasteiger partial charge in [-0.2, -0.15) is 0 Å². The summed E-state index contributed by atoms with van der Waals surface area (Å²) in [5.41, 5.74) is 3.93. The Morgan fingerprint density at radius 1 is 1.10 bits per heavy atom. The standard InChI is InChI=1S/C25H30N2O2/c1-4-27(3)24(28)20-12-10-19(11-13-20)22-18-25(14-7-16-26(2)17-15-25)29-23-9-6-5-8-21(22)23/h5-6,8-13,18H,4,7,14-17H2,1-3H3. The molecular formula is C25H30N2O2. The molecule has 1 atom stereocenters. The van der Waals surface area contributed by atoms with E-state index in [0.717, 1.165) is 54.8 Å². The first-order chi connectivity index (χ1) is 14.0. The molecule has 4 rings (SSSR count). The van der Waals surface area contributed by atoms with E-state index in [4.69, 9.17) is 4.74 Å². The zero-order valence-electron chi connectivity index (χ0n) is 17.6. The first-order valence-electron chi connectivity index (χ1n) is 10.6. The Morgan fingerprint density at radius 2 is 1.86 bits per heavy atom. The molecule has 2 aliphatic rings. The summed E-state index contributed by atoms with van der Waals surface area (Å²) < 4.78 is 6.58. The molecule has 2 aromatic carbocycles. The second kappa shape index (κ2) is 8.03. The van der Waals surface area contributed by atoms with Gasteiger partial charge in [0, 0.05) is 37.7 Å². The highest BCUT2D eigenvalue weighted by Crippen LogP contribution is 2.43. The molecule has 1 unspecified atom stereocenters. The van der Waals surface area contributed by atoms with E-state index in [-0.39, 0.29) is 11.5 Å². The molecule has 29 heavy (non-hydrogen) atoms. The Kier molecular flexibility index (Phi) is 5.46. The van der Waals surface area contributed by atoms with Crippen molar-refractivity contribution in [2.45, 2.75) is 31.8 Å². The summed E-state index contributed by atoms with van der Waals surface area (Å²) in [4.78, 5) is 16.6. The topological polar surface area (TPSA) is 32.8 Å². The summed E-state index contributed by atoms with van der Waals surface area (Å²) in [7, 11) is 4.02. The normalized spacial score (nSPS) is 21.7. The highest BCUT2D eigenvalue weighted by atomic mass is 16.5. The number of rotatable bonds is 3. The number of fused-ring (bicyclic) bond motifs is 1. The maximum atomic E-state index is 12.5. The smallest absolute Gasteiger partial charge is 0.253 e. The van der Waals surface area contributed by atoms with Gasteiger partial charge in [0.25, 0.3) is 5.91 Å². The number of para-hydroxylation sites is 1. The molecule has 1 saturated heterocycles. The van der Waals surface area contributed by atoms with E-state index in [9.17, 15) is 4.79 Å². The molecular weight excluding hydrogens is 360 g/mol. The van der Waals surface area contributed by atoms with E-state index >= 15 is 0 Å². The lowest BCUT2D eigenvalue weighted by Crippen LogP contribution is -2.37. The lowest BCUT2D eigenvalue weighted by atomic mass is 9.84. The Labute approximate surface area is 173 Å². The average Bonchev–Trinajstić information content (AvgIpc) is 2.93.